The summed E-state index contributed by atoms with van der Waals surface area (Å²) in [6.45, 7) is 1.49. The van der Waals surface area contributed by atoms with Crippen molar-refractivity contribution in [3.8, 4) is 0 Å². The van der Waals surface area contributed by atoms with Gasteiger partial charge in [0.05, 0.1) is 4.90 Å². The van der Waals surface area contributed by atoms with Crippen LogP contribution in [0.3, 0.4) is 0 Å². The van der Waals surface area contributed by atoms with Gasteiger partial charge in [-0.15, -0.1) is 0 Å². The molecular weight excluding hydrogens is 336 g/mol. The molecule has 2 aromatic carbocycles. The maximum absolute atomic E-state index is 12.3. The molecule has 0 aliphatic heterocycles. The number of hydrogen-bond donors (Lipinski definition) is 2. The van der Waals surface area contributed by atoms with Crippen LogP contribution in [0.15, 0.2) is 53.4 Å². The zero-order chi connectivity index (χ0) is 16.7. The van der Waals surface area contributed by atoms with Gasteiger partial charge in [-0.1, -0.05) is 17.7 Å². The second kappa shape index (κ2) is 8.19. The number of benzene rings is 2. The van der Waals surface area contributed by atoms with E-state index in [9.17, 15) is 8.42 Å². The number of hydrogen-bond acceptors (Lipinski definition) is 4. The summed E-state index contributed by atoms with van der Waals surface area (Å²) in [5.41, 5.74) is 1.42. The van der Waals surface area contributed by atoms with E-state index >= 15 is 0 Å². The molecule has 2 aromatic rings. The van der Waals surface area contributed by atoms with E-state index < -0.39 is 10.0 Å². The molecule has 7 heteroatoms. The molecule has 0 aromatic heterocycles. The number of methoxy groups -OCH3 is 1. The summed E-state index contributed by atoms with van der Waals surface area (Å²) >= 11 is 5.84. The molecule has 0 bridgehead atoms. The van der Waals surface area contributed by atoms with Gasteiger partial charge in [-0.25, -0.2) is 8.42 Å². The van der Waals surface area contributed by atoms with Gasteiger partial charge in [0, 0.05) is 36.7 Å². The molecule has 0 fully saturated rings. The highest BCUT2D eigenvalue weighted by Crippen LogP contribution is 2.20. The Morgan fingerprint density at radius 2 is 1.78 bits per heavy atom. The van der Waals surface area contributed by atoms with E-state index in [-0.39, 0.29) is 4.90 Å². The summed E-state index contributed by atoms with van der Waals surface area (Å²) in [6.07, 6.45) is 0.902. The molecule has 0 aliphatic carbocycles. The largest absolute Gasteiger partial charge is 0.385 e. The lowest BCUT2D eigenvalue weighted by atomic mass is 10.3. The van der Waals surface area contributed by atoms with Crippen molar-refractivity contribution < 1.29 is 13.2 Å². The van der Waals surface area contributed by atoms with Gasteiger partial charge in [0.2, 0.25) is 0 Å². The normalized spacial score (nSPS) is 11.2. The van der Waals surface area contributed by atoms with Crippen molar-refractivity contribution in [2.45, 2.75) is 11.3 Å². The van der Waals surface area contributed by atoms with E-state index in [2.05, 4.69) is 10.0 Å². The monoisotopic (exact) mass is 354 g/mol. The SMILES string of the molecule is COCCCNc1ccc(NS(=O)(=O)c2cccc(Cl)c2)cc1. The van der Waals surface area contributed by atoms with Gasteiger partial charge in [0.15, 0.2) is 0 Å². The van der Waals surface area contributed by atoms with Crippen LogP contribution in [0.2, 0.25) is 5.02 Å². The quantitative estimate of drug-likeness (QED) is 0.711. The number of ether oxygens (including phenoxy) is 1. The van der Waals surface area contributed by atoms with Crippen molar-refractivity contribution in [1.29, 1.82) is 0 Å². The predicted molar refractivity (Wildman–Crippen MR) is 93.7 cm³/mol. The van der Waals surface area contributed by atoms with Crippen molar-refractivity contribution in [3.05, 3.63) is 53.6 Å². The Bertz CT molecular complexity index is 733. The van der Waals surface area contributed by atoms with E-state index in [1.165, 1.54) is 12.1 Å². The molecule has 0 saturated carbocycles. The standard InChI is InChI=1S/C16H19ClN2O3S/c1-22-11-3-10-18-14-6-8-15(9-7-14)19-23(20,21)16-5-2-4-13(17)12-16/h2,4-9,12,18-19H,3,10-11H2,1H3. The van der Waals surface area contributed by atoms with Crippen LogP contribution in [-0.4, -0.2) is 28.7 Å². The van der Waals surface area contributed by atoms with Gasteiger partial charge in [0.1, 0.15) is 0 Å². The van der Waals surface area contributed by atoms with E-state index in [0.717, 1.165) is 18.7 Å². The number of rotatable bonds is 8. The van der Waals surface area contributed by atoms with Gasteiger partial charge in [0.25, 0.3) is 10.0 Å². The molecular formula is C16H19ClN2O3S. The first-order valence-corrected chi connectivity index (χ1v) is 8.98. The van der Waals surface area contributed by atoms with Crippen LogP contribution < -0.4 is 10.0 Å². The average molecular weight is 355 g/mol. The molecule has 0 aliphatic rings. The smallest absolute Gasteiger partial charge is 0.261 e. The molecule has 2 N–H and O–H groups in total. The van der Waals surface area contributed by atoms with Crippen LogP contribution in [0.1, 0.15) is 6.42 Å². The van der Waals surface area contributed by atoms with Crippen molar-refractivity contribution >= 4 is 33.0 Å². The van der Waals surface area contributed by atoms with Gasteiger partial charge >= 0.3 is 0 Å². The van der Waals surface area contributed by atoms with Gasteiger partial charge in [-0.05, 0) is 48.9 Å². The minimum Gasteiger partial charge on any atom is -0.385 e. The fraction of sp³-hybridized carbons (Fsp3) is 0.250. The first-order chi connectivity index (χ1) is 11.0. The lowest BCUT2D eigenvalue weighted by Crippen LogP contribution is -2.13. The minimum absolute atomic E-state index is 0.131. The number of anilines is 2. The van der Waals surface area contributed by atoms with Crippen molar-refractivity contribution in [1.82, 2.24) is 0 Å². The molecule has 0 amide bonds. The number of halogens is 1. The van der Waals surface area contributed by atoms with E-state index in [0.29, 0.717) is 17.3 Å². The number of sulfonamides is 1. The van der Waals surface area contributed by atoms with Gasteiger partial charge < -0.3 is 10.1 Å². The maximum atomic E-state index is 12.3. The minimum atomic E-state index is -3.64. The average Bonchev–Trinajstić information content (AvgIpc) is 2.53. The molecule has 5 nitrogen and oxygen atoms in total. The van der Waals surface area contributed by atoms with Crippen molar-refractivity contribution in [3.63, 3.8) is 0 Å². The lowest BCUT2D eigenvalue weighted by Gasteiger charge is -2.10. The first kappa shape index (κ1) is 17.6. The number of nitrogens with one attached hydrogen (secondary N) is 2. The molecule has 0 saturated heterocycles. The van der Waals surface area contributed by atoms with Crippen LogP contribution >= 0.6 is 11.6 Å². The highest BCUT2D eigenvalue weighted by molar-refractivity contribution is 7.92. The molecule has 0 atom stereocenters. The van der Waals surface area contributed by atoms with Gasteiger partial charge in [-0.3, -0.25) is 4.72 Å². The molecule has 0 radical (unpaired) electrons. The highest BCUT2D eigenvalue weighted by Gasteiger charge is 2.14. The first-order valence-electron chi connectivity index (χ1n) is 7.12. The molecule has 0 heterocycles. The summed E-state index contributed by atoms with van der Waals surface area (Å²) in [5.74, 6) is 0. The van der Waals surface area contributed by atoms with Crippen LogP contribution in [0.25, 0.3) is 0 Å². The Labute approximate surface area is 141 Å². The van der Waals surface area contributed by atoms with Crippen molar-refractivity contribution in [2.24, 2.45) is 0 Å². The zero-order valence-corrected chi connectivity index (χ0v) is 14.3. The lowest BCUT2D eigenvalue weighted by molar-refractivity contribution is 0.198. The van der Waals surface area contributed by atoms with E-state index in [1.54, 1.807) is 31.4 Å². The molecule has 2 rings (SSSR count). The van der Waals surface area contributed by atoms with Crippen LogP contribution in [-0.2, 0) is 14.8 Å². The Kier molecular flexibility index (Phi) is 6.27. The summed E-state index contributed by atoms with van der Waals surface area (Å²) in [6, 6.07) is 13.2. The molecule has 124 valence electrons. The third kappa shape index (κ3) is 5.42. The Hall–Kier alpha value is -1.76. The molecule has 23 heavy (non-hydrogen) atoms. The second-order valence-electron chi connectivity index (χ2n) is 4.91. The molecule has 0 spiro atoms. The second-order valence-corrected chi connectivity index (χ2v) is 7.03. The van der Waals surface area contributed by atoms with Crippen LogP contribution in [0.4, 0.5) is 11.4 Å². The summed E-state index contributed by atoms with van der Waals surface area (Å²) in [5, 5.41) is 3.61. The van der Waals surface area contributed by atoms with Crippen LogP contribution in [0, 0.1) is 0 Å². The summed E-state index contributed by atoms with van der Waals surface area (Å²) < 4.78 is 32.1. The van der Waals surface area contributed by atoms with Crippen molar-refractivity contribution in [2.75, 3.05) is 30.3 Å². The highest BCUT2D eigenvalue weighted by atomic mass is 35.5. The topological polar surface area (TPSA) is 67.4 Å². The summed E-state index contributed by atoms with van der Waals surface area (Å²) in [4.78, 5) is 0.131. The predicted octanol–water partition coefficient (Wildman–Crippen LogP) is 3.59. The third-order valence-corrected chi connectivity index (χ3v) is 4.71. The van der Waals surface area contributed by atoms with E-state index in [1.807, 2.05) is 12.1 Å². The van der Waals surface area contributed by atoms with E-state index in [4.69, 9.17) is 16.3 Å². The van der Waals surface area contributed by atoms with Gasteiger partial charge in [-0.2, -0.15) is 0 Å². The maximum Gasteiger partial charge on any atom is 0.261 e. The molecule has 0 unspecified atom stereocenters. The zero-order valence-electron chi connectivity index (χ0n) is 12.8. The fourth-order valence-corrected chi connectivity index (χ4v) is 3.31. The van der Waals surface area contributed by atoms with Crippen LogP contribution in [0.5, 0.6) is 0 Å². The Morgan fingerprint density at radius 1 is 1.09 bits per heavy atom. The Balaban J connectivity index is 2.00. The summed E-state index contributed by atoms with van der Waals surface area (Å²) in [7, 11) is -1.98. The third-order valence-electron chi connectivity index (χ3n) is 3.10. The Morgan fingerprint density at radius 3 is 2.43 bits per heavy atom. The fourth-order valence-electron chi connectivity index (χ4n) is 1.95.